The van der Waals surface area contributed by atoms with Crippen LogP contribution in [0.5, 0.6) is 0 Å². The normalized spacial score (nSPS) is 14.6. The van der Waals surface area contributed by atoms with Gasteiger partial charge >= 0.3 is 11.9 Å². The molecule has 0 spiro atoms. The van der Waals surface area contributed by atoms with E-state index in [1.807, 2.05) is 0 Å². The summed E-state index contributed by atoms with van der Waals surface area (Å²) < 4.78 is 0. The van der Waals surface area contributed by atoms with E-state index in [1.54, 1.807) is 0 Å². The van der Waals surface area contributed by atoms with Crippen LogP contribution in [-0.4, -0.2) is 33.7 Å². The Kier molecular flexibility index (Phi) is 3.30. The minimum absolute atomic E-state index is 0.0388. The molecule has 1 aliphatic carbocycles. The molecule has 0 fully saturated rings. The average Bonchev–Trinajstić information content (AvgIpc) is 2.41. The Morgan fingerprint density at radius 3 is 1.90 bits per heavy atom. The summed E-state index contributed by atoms with van der Waals surface area (Å²) >= 11 is 0. The molecule has 6 heteroatoms. The number of carbonyl (C=O) groups is 4. The fraction of sp³-hybridized carbons (Fsp3) is 0. The van der Waals surface area contributed by atoms with Crippen molar-refractivity contribution in [2.75, 3.05) is 0 Å². The van der Waals surface area contributed by atoms with E-state index < -0.39 is 29.1 Å². The molecule has 0 amide bonds. The SMILES string of the molecule is O=C(O)C1=CC=C(c2ccc(C(=O)O)cc2)C(=O)C1=O. The monoisotopic (exact) mass is 272 g/mol. The van der Waals surface area contributed by atoms with Crippen molar-refractivity contribution >= 4 is 29.1 Å². The molecule has 1 aromatic rings. The number of aliphatic carboxylic acids is 1. The molecule has 2 N–H and O–H groups in total. The Morgan fingerprint density at radius 2 is 1.40 bits per heavy atom. The maximum atomic E-state index is 11.8. The van der Waals surface area contributed by atoms with Crippen LogP contribution in [0.4, 0.5) is 0 Å². The first-order chi connectivity index (χ1) is 9.41. The van der Waals surface area contributed by atoms with Crippen LogP contribution in [0, 0.1) is 0 Å². The zero-order valence-corrected chi connectivity index (χ0v) is 9.99. The Morgan fingerprint density at radius 1 is 0.800 bits per heavy atom. The Balaban J connectivity index is 2.43. The second-order valence-electron chi connectivity index (χ2n) is 4.01. The van der Waals surface area contributed by atoms with Crippen LogP contribution in [0.2, 0.25) is 0 Å². The molecule has 0 radical (unpaired) electrons. The molecule has 0 saturated heterocycles. The Bertz CT molecular complexity index is 691. The fourth-order valence-electron chi connectivity index (χ4n) is 1.75. The van der Waals surface area contributed by atoms with Gasteiger partial charge in [0.25, 0.3) is 0 Å². The molecular weight excluding hydrogens is 264 g/mol. The van der Waals surface area contributed by atoms with Gasteiger partial charge in [0.2, 0.25) is 11.6 Å². The minimum atomic E-state index is -1.46. The van der Waals surface area contributed by atoms with Gasteiger partial charge in [0.05, 0.1) is 5.56 Å². The van der Waals surface area contributed by atoms with Crippen molar-refractivity contribution < 1.29 is 29.4 Å². The molecule has 0 saturated carbocycles. The first kappa shape index (κ1) is 13.4. The molecule has 0 heterocycles. The van der Waals surface area contributed by atoms with Crippen LogP contribution in [0.25, 0.3) is 5.57 Å². The lowest BCUT2D eigenvalue weighted by atomic mass is 9.90. The summed E-state index contributed by atoms with van der Waals surface area (Å²) in [7, 11) is 0. The number of hydrogen-bond acceptors (Lipinski definition) is 4. The van der Waals surface area contributed by atoms with Crippen molar-refractivity contribution in [3.05, 3.63) is 53.1 Å². The zero-order valence-electron chi connectivity index (χ0n) is 9.99. The number of rotatable bonds is 3. The van der Waals surface area contributed by atoms with Crippen molar-refractivity contribution in [2.24, 2.45) is 0 Å². The van der Waals surface area contributed by atoms with Crippen molar-refractivity contribution in [3.8, 4) is 0 Å². The number of carbonyl (C=O) groups excluding carboxylic acids is 2. The zero-order chi connectivity index (χ0) is 14.9. The highest BCUT2D eigenvalue weighted by atomic mass is 16.4. The van der Waals surface area contributed by atoms with Crippen LogP contribution in [0.1, 0.15) is 15.9 Å². The van der Waals surface area contributed by atoms with Gasteiger partial charge in [-0.1, -0.05) is 12.1 Å². The molecule has 2 rings (SSSR count). The highest BCUT2D eigenvalue weighted by Gasteiger charge is 2.30. The number of aromatic carboxylic acids is 1. The van der Waals surface area contributed by atoms with Gasteiger partial charge < -0.3 is 10.2 Å². The highest BCUT2D eigenvalue weighted by molar-refractivity contribution is 6.62. The molecule has 100 valence electrons. The molecule has 0 unspecified atom stereocenters. The van der Waals surface area contributed by atoms with E-state index in [4.69, 9.17) is 10.2 Å². The molecule has 20 heavy (non-hydrogen) atoms. The summed E-state index contributed by atoms with van der Waals surface area (Å²) in [6, 6.07) is 5.37. The van der Waals surface area contributed by atoms with Crippen LogP contribution < -0.4 is 0 Å². The Labute approximate surface area is 112 Å². The predicted molar refractivity (Wildman–Crippen MR) is 67.1 cm³/mol. The number of hydrogen-bond donors (Lipinski definition) is 2. The topological polar surface area (TPSA) is 109 Å². The standard InChI is InChI=1S/C14H8O6/c15-11-9(5-6-10(12(11)16)14(19)20)7-1-3-8(4-2-7)13(17)18/h1-6H,(H,17,18)(H,19,20). The number of benzene rings is 1. The summed E-state index contributed by atoms with van der Waals surface area (Å²) in [6.07, 6.45) is 2.30. The maximum Gasteiger partial charge on any atom is 0.339 e. The van der Waals surface area contributed by atoms with E-state index in [0.29, 0.717) is 5.56 Å². The number of Topliss-reactive ketones (excluding diaryl/α,β-unsaturated/α-hetero) is 2. The van der Waals surface area contributed by atoms with E-state index in [2.05, 4.69) is 0 Å². The van der Waals surface area contributed by atoms with E-state index in [1.165, 1.54) is 30.3 Å². The smallest absolute Gasteiger partial charge is 0.339 e. The molecule has 0 atom stereocenters. The number of carboxylic acid groups (broad SMARTS) is 2. The lowest BCUT2D eigenvalue weighted by Crippen LogP contribution is -2.24. The van der Waals surface area contributed by atoms with Gasteiger partial charge in [-0.3, -0.25) is 9.59 Å². The fourth-order valence-corrected chi connectivity index (χ4v) is 1.75. The predicted octanol–water partition coefficient (Wildman–Crippen LogP) is 0.931. The van der Waals surface area contributed by atoms with Crippen molar-refractivity contribution in [1.29, 1.82) is 0 Å². The first-order valence-electron chi connectivity index (χ1n) is 5.50. The van der Waals surface area contributed by atoms with Crippen molar-refractivity contribution in [3.63, 3.8) is 0 Å². The van der Waals surface area contributed by atoms with Gasteiger partial charge in [-0.25, -0.2) is 9.59 Å². The molecular formula is C14H8O6. The summed E-state index contributed by atoms with van der Waals surface area (Å²) in [5.74, 6) is -4.57. The van der Waals surface area contributed by atoms with E-state index >= 15 is 0 Å². The van der Waals surface area contributed by atoms with E-state index in [0.717, 1.165) is 6.08 Å². The second kappa shape index (κ2) is 4.93. The largest absolute Gasteiger partial charge is 0.478 e. The van der Waals surface area contributed by atoms with Gasteiger partial charge in [-0.15, -0.1) is 0 Å². The average molecular weight is 272 g/mol. The molecule has 1 aromatic carbocycles. The second-order valence-corrected chi connectivity index (χ2v) is 4.01. The van der Waals surface area contributed by atoms with Gasteiger partial charge in [0, 0.05) is 5.57 Å². The summed E-state index contributed by atoms with van der Waals surface area (Å²) in [5, 5.41) is 17.5. The van der Waals surface area contributed by atoms with Crippen LogP contribution in [-0.2, 0) is 14.4 Å². The van der Waals surface area contributed by atoms with Crippen LogP contribution >= 0.6 is 0 Å². The third-order valence-corrected chi connectivity index (χ3v) is 2.79. The molecule has 0 bridgehead atoms. The maximum absolute atomic E-state index is 11.8. The third-order valence-electron chi connectivity index (χ3n) is 2.79. The number of ketones is 2. The quantitative estimate of drug-likeness (QED) is 0.481. The third kappa shape index (κ3) is 2.26. The number of allylic oxidation sites excluding steroid dienone is 3. The molecule has 0 aliphatic heterocycles. The Hall–Kier alpha value is -3.02. The molecule has 0 aromatic heterocycles. The first-order valence-corrected chi connectivity index (χ1v) is 5.50. The lowest BCUT2D eigenvalue weighted by Gasteiger charge is -2.10. The van der Waals surface area contributed by atoms with Gasteiger partial charge in [0.1, 0.15) is 5.57 Å². The van der Waals surface area contributed by atoms with Gasteiger partial charge in [-0.2, -0.15) is 0 Å². The van der Waals surface area contributed by atoms with E-state index in [9.17, 15) is 19.2 Å². The van der Waals surface area contributed by atoms with Crippen LogP contribution in [0.3, 0.4) is 0 Å². The lowest BCUT2D eigenvalue weighted by molar-refractivity contribution is -0.138. The minimum Gasteiger partial charge on any atom is -0.478 e. The van der Waals surface area contributed by atoms with Gasteiger partial charge in [0.15, 0.2) is 0 Å². The number of carboxylic acids is 2. The molecule has 6 nitrogen and oxygen atoms in total. The van der Waals surface area contributed by atoms with E-state index in [-0.39, 0.29) is 11.1 Å². The van der Waals surface area contributed by atoms with Crippen molar-refractivity contribution in [1.82, 2.24) is 0 Å². The van der Waals surface area contributed by atoms with Crippen LogP contribution in [0.15, 0.2) is 42.0 Å². The summed E-state index contributed by atoms with van der Waals surface area (Å²) in [4.78, 5) is 44.9. The summed E-state index contributed by atoms with van der Waals surface area (Å²) in [6.45, 7) is 0. The van der Waals surface area contributed by atoms with Crippen molar-refractivity contribution in [2.45, 2.75) is 0 Å². The van der Waals surface area contributed by atoms with Gasteiger partial charge in [-0.05, 0) is 29.8 Å². The highest BCUT2D eigenvalue weighted by Crippen LogP contribution is 2.22. The molecule has 1 aliphatic rings. The summed E-state index contributed by atoms with van der Waals surface area (Å²) in [5.41, 5.74) is -0.141.